The SMILES string of the molecule is CCCCCCCCCCCCCCCC(=O)OCC(COP(=O)(OC)OCCN(C)C)OC(=O)CCC1C2=C3CC(O)=C4C3=NC(=C4C)C=C3N=C(C=C4N=C(C=C(N2)C1C)C(C)=C4C(C)OCCCCCCCCCC)C(C)=C3CC. The summed E-state index contributed by atoms with van der Waals surface area (Å²) in [4.78, 5) is 45.0. The first-order valence-electron chi connectivity index (χ1n) is 32.1. The summed E-state index contributed by atoms with van der Waals surface area (Å²) in [6, 6.07) is 0. The first kappa shape index (κ1) is 67.6. The molecular weight excluding hydrogens is 1070 g/mol. The molecule has 0 aromatic carbocycles. The highest BCUT2D eigenvalue weighted by atomic mass is 31.2. The zero-order valence-electron chi connectivity index (χ0n) is 52.8. The normalized spacial score (nSPS) is 20.0. The monoisotopic (exact) mass is 1170 g/mol. The lowest BCUT2D eigenvalue weighted by molar-refractivity contribution is -0.161. The maximum atomic E-state index is 14.2. The van der Waals surface area contributed by atoms with Gasteiger partial charge in [-0.15, -0.1) is 0 Å². The van der Waals surface area contributed by atoms with E-state index < -0.39 is 25.9 Å². The molecule has 462 valence electrons. The minimum Gasteiger partial charge on any atom is -0.511 e. The molecule has 1 fully saturated rings. The second-order valence-corrected chi connectivity index (χ2v) is 25.7. The van der Waals surface area contributed by atoms with Crippen LogP contribution in [0, 0.1) is 11.8 Å². The van der Waals surface area contributed by atoms with Gasteiger partial charge in [0.2, 0.25) is 0 Å². The summed E-state index contributed by atoms with van der Waals surface area (Å²) < 4.78 is 48.4. The number of esters is 2. The molecule has 0 radical (unpaired) electrons. The van der Waals surface area contributed by atoms with Crippen molar-refractivity contribution < 1.29 is 47.0 Å². The van der Waals surface area contributed by atoms with Crippen molar-refractivity contribution in [1.29, 1.82) is 0 Å². The van der Waals surface area contributed by atoms with Gasteiger partial charge in [0, 0.05) is 79.5 Å². The minimum atomic E-state index is -4.05. The Balaban J connectivity index is 1.19. The van der Waals surface area contributed by atoms with Crippen molar-refractivity contribution >= 4 is 36.9 Å². The fraction of sp³-hybridized carbons (Fsp3) is 0.687. The molecule has 1 saturated heterocycles. The second-order valence-electron chi connectivity index (χ2n) is 23.9. The number of unbranched alkanes of at least 4 members (excludes halogenated alkanes) is 19. The summed E-state index contributed by atoms with van der Waals surface area (Å²) in [6.07, 6.45) is 32.1. The van der Waals surface area contributed by atoms with Crippen molar-refractivity contribution in [3.8, 4) is 0 Å². The van der Waals surface area contributed by atoms with E-state index >= 15 is 0 Å². The number of nitrogens with one attached hydrogen (secondary N) is 1. The molecule has 6 aliphatic rings. The molecule has 15 nitrogen and oxygen atoms in total. The van der Waals surface area contributed by atoms with Gasteiger partial charge < -0.3 is 29.5 Å². The third kappa shape index (κ3) is 19.8. The molecule has 0 amide bonds. The van der Waals surface area contributed by atoms with Crippen LogP contribution >= 0.6 is 7.82 Å². The molecule has 0 aromatic rings. The number of fused-ring (bicyclic) bond motifs is 5. The molecule has 5 unspecified atom stereocenters. The number of aliphatic hydroxyl groups excluding tert-OH is 1. The smallest absolute Gasteiger partial charge is 0.474 e. The molecule has 0 saturated carbocycles. The highest BCUT2D eigenvalue weighted by Crippen LogP contribution is 2.49. The number of hydrogen-bond acceptors (Lipinski definition) is 15. The Labute approximate surface area is 499 Å². The number of carbonyl (C=O) groups excluding carboxylic acids is 2. The minimum absolute atomic E-state index is 0.00495. The molecule has 5 atom stereocenters. The van der Waals surface area contributed by atoms with Crippen LogP contribution in [-0.4, -0.2) is 105 Å². The van der Waals surface area contributed by atoms with Crippen LogP contribution in [0.4, 0.5) is 0 Å². The van der Waals surface area contributed by atoms with E-state index in [1.165, 1.54) is 103 Å². The Morgan fingerprint density at radius 3 is 1.94 bits per heavy atom. The average molecular weight is 1170 g/mol. The number of aliphatic hydroxyl groups is 1. The maximum Gasteiger partial charge on any atom is 0.474 e. The number of hydrogen-bond donors (Lipinski definition) is 2. The van der Waals surface area contributed by atoms with E-state index in [1.54, 1.807) is 0 Å². The largest absolute Gasteiger partial charge is 0.511 e. The standard InChI is InChI=1S/C67H104N5O10P/c1-12-15-17-19-21-23-24-25-26-27-28-30-32-34-62(74)79-44-51(45-81-83(76,77-11)80-39-37-72(9)10)82-63(75)36-35-53-47(5)56-41-57-48(6)64(50(8)78-38-33-31-29-22-20-18-16-13-2)60(69-57)43-55-46(4)52(14-3)59(68-55)42-58-49(7)65-61(73)40-54(66(53)70-56)67(65)71-58/h41-43,47,50-51,53,70,73H,12-40,44-45H2,1-11H3. The third-order valence-corrected chi connectivity index (χ3v) is 18.6. The predicted molar refractivity (Wildman–Crippen MR) is 336 cm³/mol. The summed E-state index contributed by atoms with van der Waals surface area (Å²) >= 11 is 0. The first-order valence-corrected chi connectivity index (χ1v) is 33.5. The molecule has 83 heavy (non-hydrogen) atoms. The average Bonchev–Trinajstić information content (AvgIpc) is 3.17. The Morgan fingerprint density at radius 2 is 1.33 bits per heavy atom. The van der Waals surface area contributed by atoms with Crippen molar-refractivity contribution in [2.24, 2.45) is 26.8 Å². The van der Waals surface area contributed by atoms with Crippen LogP contribution in [0.3, 0.4) is 0 Å². The van der Waals surface area contributed by atoms with E-state index in [2.05, 4.69) is 65.9 Å². The molecule has 1 aliphatic carbocycles. The van der Waals surface area contributed by atoms with Gasteiger partial charge in [-0.1, -0.05) is 150 Å². The van der Waals surface area contributed by atoms with Crippen molar-refractivity contribution in [1.82, 2.24) is 10.2 Å². The van der Waals surface area contributed by atoms with Gasteiger partial charge in [0.1, 0.15) is 12.4 Å². The maximum absolute atomic E-state index is 14.2. The highest BCUT2D eigenvalue weighted by Gasteiger charge is 2.42. The fourth-order valence-electron chi connectivity index (χ4n) is 12.0. The Morgan fingerprint density at radius 1 is 0.723 bits per heavy atom. The van der Waals surface area contributed by atoms with Crippen LogP contribution in [0.5, 0.6) is 0 Å². The molecule has 8 bridgehead atoms. The van der Waals surface area contributed by atoms with Gasteiger partial charge in [-0.25, -0.2) is 19.5 Å². The van der Waals surface area contributed by atoms with Gasteiger partial charge in [-0.05, 0) is 108 Å². The number of ether oxygens (including phenoxy) is 3. The number of aliphatic imine (C=N–C) groups is 3. The summed E-state index contributed by atoms with van der Waals surface area (Å²) in [7, 11) is 0.925. The van der Waals surface area contributed by atoms with Gasteiger partial charge in [-0.2, -0.15) is 0 Å². The van der Waals surface area contributed by atoms with E-state index in [1.807, 2.05) is 32.0 Å². The molecule has 6 rings (SSSR count). The van der Waals surface area contributed by atoms with E-state index in [0.717, 1.165) is 123 Å². The van der Waals surface area contributed by atoms with E-state index in [-0.39, 0.29) is 62.8 Å². The molecule has 0 spiro atoms. The predicted octanol–water partition coefficient (Wildman–Crippen LogP) is 16.3. The van der Waals surface area contributed by atoms with Crippen molar-refractivity contribution in [3.05, 3.63) is 91.5 Å². The zero-order valence-corrected chi connectivity index (χ0v) is 53.7. The lowest BCUT2D eigenvalue weighted by Crippen LogP contribution is -2.30. The molecule has 16 heteroatoms. The molecule has 0 aromatic heterocycles. The second kappa shape index (κ2) is 34.6. The lowest BCUT2D eigenvalue weighted by atomic mass is 9.86. The van der Waals surface area contributed by atoms with Crippen LogP contribution < -0.4 is 5.32 Å². The van der Waals surface area contributed by atoms with Crippen molar-refractivity contribution in [3.63, 3.8) is 0 Å². The topological polar surface area (TPSA) is 179 Å². The fourth-order valence-corrected chi connectivity index (χ4v) is 13.0. The molecule has 5 heterocycles. The van der Waals surface area contributed by atoms with Gasteiger partial charge in [0.25, 0.3) is 0 Å². The van der Waals surface area contributed by atoms with Gasteiger partial charge in [0.15, 0.2) is 6.10 Å². The van der Waals surface area contributed by atoms with E-state index in [9.17, 15) is 19.3 Å². The molecule has 2 N–H and O–H groups in total. The van der Waals surface area contributed by atoms with Crippen LogP contribution in [0.15, 0.2) is 106 Å². The summed E-state index contributed by atoms with van der Waals surface area (Å²) in [6.45, 7) is 17.7. The molecular formula is C67H104N5O10P. The van der Waals surface area contributed by atoms with Gasteiger partial charge >= 0.3 is 19.8 Å². The quantitative estimate of drug-likeness (QED) is 0.0337. The summed E-state index contributed by atoms with van der Waals surface area (Å²) in [5.41, 5.74) is 13.5. The number of nitrogens with zero attached hydrogens (tertiary/aromatic N) is 4. The number of phosphoric ester groups is 1. The number of allylic oxidation sites excluding steroid dienone is 11. The van der Waals surface area contributed by atoms with Crippen LogP contribution in [0.1, 0.15) is 222 Å². The van der Waals surface area contributed by atoms with E-state index in [4.69, 9.17) is 42.8 Å². The summed E-state index contributed by atoms with van der Waals surface area (Å²) in [5, 5.41) is 15.6. The van der Waals surface area contributed by atoms with Crippen LogP contribution in [0.25, 0.3) is 0 Å². The lowest BCUT2D eigenvalue weighted by Gasteiger charge is -2.22. The van der Waals surface area contributed by atoms with Crippen LogP contribution in [-0.2, 0) is 41.9 Å². The number of phosphoric acid groups is 1. The number of rotatable bonds is 40. The summed E-state index contributed by atoms with van der Waals surface area (Å²) in [5.74, 6) is -1.03. The Kier molecular flexibility index (Phi) is 28.2. The van der Waals surface area contributed by atoms with Crippen LogP contribution in [0.2, 0.25) is 0 Å². The van der Waals surface area contributed by atoms with Crippen molar-refractivity contribution in [2.75, 3.05) is 54.2 Å². The first-order chi connectivity index (χ1) is 40.0. The van der Waals surface area contributed by atoms with Gasteiger partial charge in [-0.3, -0.25) is 23.2 Å². The Hall–Kier alpha value is -4.50. The Bertz CT molecular complexity index is 2650. The number of likely N-dealkylation sites (N-methyl/N-ethyl adjacent to an activating group) is 1. The molecule has 5 aliphatic heterocycles. The van der Waals surface area contributed by atoms with E-state index in [0.29, 0.717) is 26.0 Å². The third-order valence-electron chi connectivity index (χ3n) is 17.2. The van der Waals surface area contributed by atoms with Gasteiger partial charge in [0.05, 0.1) is 53.5 Å². The highest BCUT2D eigenvalue weighted by molar-refractivity contribution is 7.48. The number of carbonyl (C=O) groups is 2. The van der Waals surface area contributed by atoms with Crippen molar-refractivity contribution in [2.45, 2.75) is 235 Å². The zero-order chi connectivity index (χ0) is 59.9.